The normalized spacial score (nSPS) is 14.5. The second-order valence-electron chi connectivity index (χ2n) is 7.19. The van der Waals surface area contributed by atoms with E-state index in [1.54, 1.807) is 54.6 Å². The van der Waals surface area contributed by atoms with Crippen LogP contribution in [0.15, 0.2) is 74.5 Å². The quantitative estimate of drug-likeness (QED) is 0.226. The molecule has 178 valence electrons. The van der Waals surface area contributed by atoms with Crippen molar-refractivity contribution in [3.8, 4) is 5.75 Å². The Hall–Kier alpha value is -2.24. The summed E-state index contributed by atoms with van der Waals surface area (Å²) in [6.45, 7) is 0.253. The first-order valence-corrected chi connectivity index (χ1v) is 13.1. The number of benzene rings is 3. The zero-order valence-electron chi connectivity index (χ0n) is 17.6. The number of halogens is 4. The van der Waals surface area contributed by atoms with Crippen LogP contribution in [0.3, 0.4) is 0 Å². The van der Waals surface area contributed by atoms with Gasteiger partial charge in [-0.05, 0) is 110 Å². The second-order valence-corrected chi connectivity index (χ2v) is 11.0. The largest absolute Gasteiger partial charge is 0.487 e. The lowest BCUT2D eigenvalue weighted by Gasteiger charge is -2.15. The number of ether oxygens (including phenoxy) is 1. The maximum Gasteiger partial charge on any atom is 0.285 e. The number of thiocarbonyl (C=S) groups is 1. The number of carbonyl (C=O) groups is 2. The molecule has 1 fully saturated rings. The van der Waals surface area contributed by atoms with Crippen LogP contribution in [-0.4, -0.2) is 21.1 Å². The molecular formula is C24H14Br2ClFN2O3S2. The number of hydrogen-bond acceptors (Lipinski definition) is 5. The molecule has 1 aliphatic heterocycles. The fourth-order valence-electron chi connectivity index (χ4n) is 3.02. The first-order chi connectivity index (χ1) is 16.7. The van der Waals surface area contributed by atoms with Gasteiger partial charge >= 0.3 is 0 Å². The average Bonchev–Trinajstić information content (AvgIpc) is 3.07. The summed E-state index contributed by atoms with van der Waals surface area (Å²) < 4.78 is 20.5. The summed E-state index contributed by atoms with van der Waals surface area (Å²) in [7, 11) is 0. The van der Waals surface area contributed by atoms with Gasteiger partial charge in [-0.25, -0.2) is 4.39 Å². The van der Waals surface area contributed by atoms with Gasteiger partial charge in [0.1, 0.15) is 18.2 Å². The van der Waals surface area contributed by atoms with E-state index in [0.29, 0.717) is 35.7 Å². The Morgan fingerprint density at radius 2 is 1.74 bits per heavy atom. The lowest BCUT2D eigenvalue weighted by atomic mass is 10.2. The minimum atomic E-state index is -0.479. The molecule has 0 unspecified atom stereocenters. The van der Waals surface area contributed by atoms with Gasteiger partial charge < -0.3 is 4.74 Å². The van der Waals surface area contributed by atoms with E-state index >= 15 is 0 Å². The van der Waals surface area contributed by atoms with Crippen LogP contribution in [0.4, 0.5) is 4.39 Å². The van der Waals surface area contributed by atoms with Crippen LogP contribution in [0.25, 0.3) is 6.08 Å². The highest BCUT2D eigenvalue weighted by Crippen LogP contribution is 2.38. The SMILES string of the molecule is O=C(NN1C(=O)/C(=C\c2cc(Br)c(OCc3ccc(F)cc3)c(Br)c2)SC1=S)c1ccc(Cl)cc1. The highest BCUT2D eigenvalue weighted by molar-refractivity contribution is 9.11. The van der Waals surface area contributed by atoms with E-state index in [4.69, 9.17) is 28.6 Å². The summed E-state index contributed by atoms with van der Waals surface area (Å²) in [6.07, 6.45) is 1.67. The molecule has 2 amide bonds. The first kappa shape index (κ1) is 25.8. The van der Waals surface area contributed by atoms with Crippen molar-refractivity contribution in [1.29, 1.82) is 0 Å². The molecule has 0 aliphatic carbocycles. The molecule has 4 rings (SSSR count). The van der Waals surface area contributed by atoms with Crippen molar-refractivity contribution in [2.24, 2.45) is 0 Å². The van der Waals surface area contributed by atoms with Gasteiger partial charge in [-0.2, -0.15) is 5.01 Å². The van der Waals surface area contributed by atoms with Crippen molar-refractivity contribution in [2.75, 3.05) is 0 Å². The summed E-state index contributed by atoms with van der Waals surface area (Å²) in [6, 6.07) is 15.9. The predicted molar refractivity (Wildman–Crippen MR) is 147 cm³/mol. The van der Waals surface area contributed by atoms with E-state index in [1.807, 2.05) is 0 Å². The van der Waals surface area contributed by atoms with Gasteiger partial charge in [0.15, 0.2) is 4.32 Å². The number of hydrogen-bond donors (Lipinski definition) is 1. The molecule has 3 aromatic carbocycles. The van der Waals surface area contributed by atoms with Crippen LogP contribution in [0.1, 0.15) is 21.5 Å². The third kappa shape index (κ3) is 6.31. The van der Waals surface area contributed by atoms with Crippen molar-refractivity contribution < 1.29 is 18.7 Å². The average molecular weight is 657 g/mol. The minimum absolute atomic E-state index is 0.209. The van der Waals surface area contributed by atoms with Gasteiger partial charge in [0.2, 0.25) is 0 Å². The maximum absolute atomic E-state index is 13.1. The zero-order valence-corrected chi connectivity index (χ0v) is 23.1. The first-order valence-electron chi connectivity index (χ1n) is 9.92. The molecule has 0 aromatic heterocycles. The summed E-state index contributed by atoms with van der Waals surface area (Å²) in [5, 5.41) is 1.55. The molecule has 1 aliphatic rings. The monoisotopic (exact) mass is 654 g/mol. The number of thioether (sulfide) groups is 1. The lowest BCUT2D eigenvalue weighted by Crippen LogP contribution is -2.44. The predicted octanol–water partition coefficient (Wildman–Crippen LogP) is 7.13. The molecule has 0 atom stereocenters. The zero-order chi connectivity index (χ0) is 25.1. The Morgan fingerprint density at radius 1 is 1.11 bits per heavy atom. The van der Waals surface area contributed by atoms with Crippen LogP contribution in [0.2, 0.25) is 5.02 Å². The van der Waals surface area contributed by atoms with Crippen molar-refractivity contribution in [2.45, 2.75) is 6.61 Å². The Labute approximate surface area is 231 Å². The van der Waals surface area contributed by atoms with Crippen molar-refractivity contribution in [3.05, 3.63) is 102 Å². The molecule has 1 heterocycles. The van der Waals surface area contributed by atoms with E-state index in [2.05, 4.69) is 37.3 Å². The minimum Gasteiger partial charge on any atom is -0.487 e. The number of nitrogens with zero attached hydrogens (tertiary/aromatic N) is 1. The molecule has 1 saturated heterocycles. The standard InChI is InChI=1S/C24H14Br2ClFN2O3S2/c25-18-9-14(10-19(26)21(18)33-12-13-1-7-17(28)8-2-13)11-20-23(32)30(24(34)35-20)29-22(31)15-3-5-16(27)6-4-15/h1-11H,12H2,(H,29,31)/b20-11+. The Bertz CT molecular complexity index is 1330. The van der Waals surface area contributed by atoms with Crippen LogP contribution in [-0.2, 0) is 11.4 Å². The second kappa shape index (κ2) is 11.2. The topological polar surface area (TPSA) is 58.6 Å². The van der Waals surface area contributed by atoms with Gasteiger partial charge in [-0.1, -0.05) is 35.5 Å². The fraction of sp³-hybridized carbons (Fsp3) is 0.0417. The summed E-state index contributed by atoms with van der Waals surface area (Å²) >= 11 is 19.2. The highest BCUT2D eigenvalue weighted by Gasteiger charge is 2.34. The van der Waals surface area contributed by atoms with Gasteiger partial charge in [-0.3, -0.25) is 15.0 Å². The van der Waals surface area contributed by atoms with Gasteiger partial charge in [0, 0.05) is 10.6 Å². The Kier molecular flexibility index (Phi) is 8.28. The van der Waals surface area contributed by atoms with Gasteiger partial charge in [0.25, 0.3) is 11.8 Å². The van der Waals surface area contributed by atoms with Crippen LogP contribution >= 0.6 is 67.4 Å². The van der Waals surface area contributed by atoms with Crippen LogP contribution < -0.4 is 10.2 Å². The molecule has 1 N–H and O–H groups in total. The van der Waals surface area contributed by atoms with E-state index < -0.39 is 11.8 Å². The third-order valence-electron chi connectivity index (χ3n) is 4.73. The van der Waals surface area contributed by atoms with Crippen molar-refractivity contribution >= 4 is 89.7 Å². The molecule has 0 radical (unpaired) electrons. The highest BCUT2D eigenvalue weighted by atomic mass is 79.9. The molecule has 35 heavy (non-hydrogen) atoms. The van der Waals surface area contributed by atoms with E-state index in [-0.39, 0.29) is 16.7 Å². The van der Waals surface area contributed by atoms with Crippen molar-refractivity contribution in [1.82, 2.24) is 10.4 Å². The number of carbonyl (C=O) groups excluding carboxylic acids is 2. The molecule has 0 saturated carbocycles. The fourth-order valence-corrected chi connectivity index (χ4v) is 5.78. The van der Waals surface area contributed by atoms with E-state index in [9.17, 15) is 14.0 Å². The molecule has 0 spiro atoms. The lowest BCUT2D eigenvalue weighted by molar-refractivity contribution is -0.123. The molecule has 11 heteroatoms. The van der Waals surface area contributed by atoms with E-state index in [1.165, 1.54) is 12.1 Å². The smallest absolute Gasteiger partial charge is 0.285 e. The summed E-state index contributed by atoms with van der Waals surface area (Å²) in [4.78, 5) is 25.7. The van der Waals surface area contributed by atoms with Crippen molar-refractivity contribution in [3.63, 3.8) is 0 Å². The number of nitrogens with one attached hydrogen (secondary N) is 1. The van der Waals surface area contributed by atoms with Crippen LogP contribution in [0, 0.1) is 5.82 Å². The van der Waals surface area contributed by atoms with E-state index in [0.717, 1.165) is 22.3 Å². The van der Waals surface area contributed by atoms with Crippen LogP contribution in [0.5, 0.6) is 5.75 Å². The molecule has 3 aromatic rings. The molecule has 5 nitrogen and oxygen atoms in total. The number of hydrazine groups is 1. The Morgan fingerprint density at radius 3 is 2.37 bits per heavy atom. The van der Waals surface area contributed by atoms with Gasteiger partial charge in [0.05, 0.1) is 13.9 Å². The third-order valence-corrected chi connectivity index (χ3v) is 7.46. The molecule has 0 bridgehead atoms. The maximum atomic E-state index is 13.1. The number of rotatable bonds is 6. The van der Waals surface area contributed by atoms with Gasteiger partial charge in [-0.15, -0.1) is 0 Å². The number of amides is 2. The molecular weight excluding hydrogens is 643 g/mol. The summed E-state index contributed by atoms with van der Waals surface area (Å²) in [5.74, 6) is -0.664. The Balaban J connectivity index is 1.47. The summed E-state index contributed by atoms with van der Waals surface area (Å²) in [5.41, 5.74) is 4.41.